The van der Waals surface area contributed by atoms with Gasteiger partial charge in [0.05, 0.1) is 6.61 Å². The van der Waals surface area contributed by atoms with Crippen LogP contribution in [-0.2, 0) is 19.7 Å². The highest BCUT2D eigenvalue weighted by Crippen LogP contribution is 2.38. The number of carbonyl (C=O) groups excluding carboxylic acids is 2. The molecule has 0 heterocycles. The zero-order valence-electron chi connectivity index (χ0n) is 11.6. The third-order valence-corrected chi connectivity index (χ3v) is 3.82. The molecule has 1 aliphatic carbocycles. The van der Waals surface area contributed by atoms with Crippen molar-refractivity contribution in [2.45, 2.75) is 44.9 Å². The van der Waals surface area contributed by atoms with E-state index in [1.807, 2.05) is 31.2 Å². The van der Waals surface area contributed by atoms with Crippen molar-refractivity contribution in [3.8, 4) is 0 Å². The van der Waals surface area contributed by atoms with Crippen LogP contribution in [0.3, 0.4) is 0 Å². The SMILES string of the molecule is CCOC(=O)[C@@]1(c2cccc(C)c2)CCCCC1=O. The van der Waals surface area contributed by atoms with Gasteiger partial charge in [0.15, 0.2) is 11.2 Å². The molecule has 0 N–H and O–H groups in total. The maximum absolute atomic E-state index is 12.4. The van der Waals surface area contributed by atoms with Crippen molar-refractivity contribution in [3.63, 3.8) is 0 Å². The third kappa shape index (κ3) is 2.42. The molecule has 102 valence electrons. The van der Waals surface area contributed by atoms with E-state index < -0.39 is 5.41 Å². The minimum Gasteiger partial charge on any atom is -0.465 e. The molecule has 3 nitrogen and oxygen atoms in total. The second-order valence-corrected chi connectivity index (χ2v) is 5.13. The minimum atomic E-state index is -1.07. The molecular weight excluding hydrogens is 240 g/mol. The molecular formula is C16H20O3. The average Bonchev–Trinajstić information content (AvgIpc) is 2.39. The molecule has 1 fully saturated rings. The second kappa shape index (κ2) is 5.55. The number of Topliss-reactive ketones (excluding diaryl/α,β-unsaturated/α-hetero) is 1. The Morgan fingerprint density at radius 3 is 2.79 bits per heavy atom. The Hall–Kier alpha value is -1.64. The lowest BCUT2D eigenvalue weighted by atomic mass is 9.68. The van der Waals surface area contributed by atoms with Crippen LogP contribution in [0.25, 0.3) is 0 Å². The molecule has 0 aromatic heterocycles. The summed E-state index contributed by atoms with van der Waals surface area (Å²) in [5, 5.41) is 0. The van der Waals surface area contributed by atoms with Crippen molar-refractivity contribution in [3.05, 3.63) is 35.4 Å². The molecule has 0 aliphatic heterocycles. The lowest BCUT2D eigenvalue weighted by Crippen LogP contribution is -2.47. The molecule has 0 radical (unpaired) electrons. The predicted octanol–water partition coefficient (Wildman–Crippen LogP) is 2.94. The van der Waals surface area contributed by atoms with E-state index in [9.17, 15) is 9.59 Å². The molecule has 1 aromatic rings. The van der Waals surface area contributed by atoms with Crippen molar-refractivity contribution in [1.29, 1.82) is 0 Å². The fraction of sp³-hybridized carbons (Fsp3) is 0.500. The molecule has 1 saturated carbocycles. The molecule has 1 aliphatic rings. The van der Waals surface area contributed by atoms with Crippen LogP contribution < -0.4 is 0 Å². The van der Waals surface area contributed by atoms with E-state index in [-0.39, 0.29) is 11.8 Å². The quantitative estimate of drug-likeness (QED) is 0.620. The lowest BCUT2D eigenvalue weighted by Gasteiger charge is -2.33. The summed E-state index contributed by atoms with van der Waals surface area (Å²) in [6.45, 7) is 4.05. The smallest absolute Gasteiger partial charge is 0.324 e. The van der Waals surface area contributed by atoms with Crippen LogP contribution in [0.1, 0.15) is 43.7 Å². The zero-order chi connectivity index (χ0) is 13.9. The van der Waals surface area contributed by atoms with E-state index in [2.05, 4.69) is 0 Å². The highest BCUT2D eigenvalue weighted by atomic mass is 16.5. The van der Waals surface area contributed by atoms with Gasteiger partial charge in [-0.15, -0.1) is 0 Å². The zero-order valence-corrected chi connectivity index (χ0v) is 11.6. The van der Waals surface area contributed by atoms with Crippen LogP contribution in [0.5, 0.6) is 0 Å². The average molecular weight is 260 g/mol. The summed E-state index contributed by atoms with van der Waals surface area (Å²) in [5.41, 5.74) is 0.774. The van der Waals surface area contributed by atoms with Crippen LogP contribution in [0.4, 0.5) is 0 Å². The van der Waals surface area contributed by atoms with Crippen LogP contribution >= 0.6 is 0 Å². The molecule has 1 atom stereocenters. The Morgan fingerprint density at radius 2 is 2.16 bits per heavy atom. The Kier molecular flexibility index (Phi) is 4.03. The summed E-state index contributed by atoms with van der Waals surface area (Å²) in [6, 6.07) is 7.66. The minimum absolute atomic E-state index is 0.00259. The first kappa shape index (κ1) is 13.8. The summed E-state index contributed by atoms with van der Waals surface area (Å²) < 4.78 is 5.19. The highest BCUT2D eigenvalue weighted by molar-refractivity contribution is 6.10. The van der Waals surface area contributed by atoms with E-state index in [0.29, 0.717) is 19.4 Å². The molecule has 0 amide bonds. The van der Waals surface area contributed by atoms with Gasteiger partial charge in [-0.25, -0.2) is 0 Å². The van der Waals surface area contributed by atoms with Gasteiger partial charge in [0.25, 0.3) is 0 Å². The van der Waals surface area contributed by atoms with E-state index in [1.54, 1.807) is 6.92 Å². The van der Waals surface area contributed by atoms with Crippen LogP contribution in [0.2, 0.25) is 0 Å². The molecule has 0 unspecified atom stereocenters. The molecule has 19 heavy (non-hydrogen) atoms. The summed E-state index contributed by atoms with van der Waals surface area (Å²) in [6.07, 6.45) is 2.78. The summed E-state index contributed by atoms with van der Waals surface area (Å²) >= 11 is 0. The largest absolute Gasteiger partial charge is 0.465 e. The number of hydrogen-bond acceptors (Lipinski definition) is 3. The molecule has 0 bridgehead atoms. The van der Waals surface area contributed by atoms with Crippen molar-refractivity contribution in [1.82, 2.24) is 0 Å². The third-order valence-electron chi connectivity index (χ3n) is 3.82. The van der Waals surface area contributed by atoms with Crippen LogP contribution in [0.15, 0.2) is 24.3 Å². The molecule has 0 spiro atoms. The van der Waals surface area contributed by atoms with Gasteiger partial charge in [-0.2, -0.15) is 0 Å². The van der Waals surface area contributed by atoms with Gasteiger partial charge in [0.2, 0.25) is 0 Å². The Balaban J connectivity index is 2.50. The maximum atomic E-state index is 12.4. The van der Waals surface area contributed by atoms with Gasteiger partial charge >= 0.3 is 5.97 Å². The van der Waals surface area contributed by atoms with E-state index >= 15 is 0 Å². The number of rotatable bonds is 3. The fourth-order valence-corrected chi connectivity index (χ4v) is 2.83. The van der Waals surface area contributed by atoms with Gasteiger partial charge in [-0.1, -0.05) is 36.2 Å². The number of carbonyl (C=O) groups is 2. The number of ketones is 1. The van der Waals surface area contributed by atoms with E-state index in [4.69, 9.17) is 4.74 Å². The Morgan fingerprint density at radius 1 is 1.37 bits per heavy atom. The molecule has 1 aromatic carbocycles. The Bertz CT molecular complexity index is 493. The van der Waals surface area contributed by atoms with Crippen molar-refractivity contribution < 1.29 is 14.3 Å². The van der Waals surface area contributed by atoms with Gasteiger partial charge < -0.3 is 4.74 Å². The first-order valence-electron chi connectivity index (χ1n) is 6.89. The molecule has 2 rings (SSSR count). The normalized spacial score (nSPS) is 23.2. The highest BCUT2D eigenvalue weighted by Gasteiger charge is 2.49. The first-order chi connectivity index (χ1) is 9.11. The fourth-order valence-electron chi connectivity index (χ4n) is 2.83. The number of esters is 1. The summed E-state index contributed by atoms with van der Waals surface area (Å²) in [7, 11) is 0. The second-order valence-electron chi connectivity index (χ2n) is 5.13. The Labute approximate surface area is 114 Å². The van der Waals surface area contributed by atoms with Gasteiger partial charge in [-0.05, 0) is 32.3 Å². The van der Waals surface area contributed by atoms with Crippen molar-refractivity contribution >= 4 is 11.8 Å². The number of benzene rings is 1. The van der Waals surface area contributed by atoms with E-state index in [0.717, 1.165) is 24.0 Å². The first-order valence-corrected chi connectivity index (χ1v) is 6.89. The van der Waals surface area contributed by atoms with Gasteiger partial charge in [0, 0.05) is 6.42 Å². The number of aryl methyl sites for hydroxylation is 1. The van der Waals surface area contributed by atoms with Gasteiger partial charge in [0.1, 0.15) is 0 Å². The number of ether oxygens (including phenoxy) is 1. The summed E-state index contributed by atoms with van der Waals surface area (Å²) in [4.78, 5) is 24.8. The monoisotopic (exact) mass is 260 g/mol. The predicted molar refractivity (Wildman–Crippen MR) is 73.0 cm³/mol. The standard InChI is InChI=1S/C16H20O3/c1-3-19-15(18)16(10-5-4-9-14(16)17)13-8-6-7-12(2)11-13/h6-8,11H,3-5,9-10H2,1-2H3/t16-/m1/s1. The van der Waals surface area contributed by atoms with Crippen LogP contribution in [-0.4, -0.2) is 18.4 Å². The van der Waals surface area contributed by atoms with Crippen molar-refractivity contribution in [2.75, 3.05) is 6.61 Å². The molecule has 0 saturated heterocycles. The lowest BCUT2D eigenvalue weighted by molar-refractivity contribution is -0.155. The summed E-state index contributed by atoms with van der Waals surface area (Å²) in [5.74, 6) is -0.381. The van der Waals surface area contributed by atoms with E-state index in [1.165, 1.54) is 0 Å². The van der Waals surface area contributed by atoms with Gasteiger partial charge in [-0.3, -0.25) is 9.59 Å². The topological polar surface area (TPSA) is 43.4 Å². The van der Waals surface area contributed by atoms with Crippen LogP contribution in [0, 0.1) is 6.92 Å². The molecule has 3 heteroatoms. The number of hydrogen-bond donors (Lipinski definition) is 0. The van der Waals surface area contributed by atoms with Crippen molar-refractivity contribution in [2.24, 2.45) is 0 Å². The maximum Gasteiger partial charge on any atom is 0.324 e.